The van der Waals surface area contributed by atoms with Gasteiger partial charge in [-0.3, -0.25) is 9.59 Å². The summed E-state index contributed by atoms with van der Waals surface area (Å²) in [6, 6.07) is 16.2. The summed E-state index contributed by atoms with van der Waals surface area (Å²) in [7, 11) is 0. The molecule has 2 aromatic carbocycles. The van der Waals surface area contributed by atoms with Gasteiger partial charge in [0.2, 0.25) is 5.91 Å². The van der Waals surface area contributed by atoms with Crippen LogP contribution in [-0.2, 0) is 9.59 Å². The lowest BCUT2D eigenvalue weighted by Gasteiger charge is -2.35. The average molecular weight is 382 g/mol. The molecule has 2 atom stereocenters. The first-order valence-electron chi connectivity index (χ1n) is 9.62. The summed E-state index contributed by atoms with van der Waals surface area (Å²) >= 11 is 0. The van der Waals surface area contributed by atoms with Crippen LogP contribution in [0, 0.1) is 11.7 Å². The summed E-state index contributed by atoms with van der Waals surface area (Å²) in [5.74, 6) is -0.0301. The number of ether oxygens (including phenoxy) is 1. The molecular formula is C22H23FN2O3. The summed E-state index contributed by atoms with van der Waals surface area (Å²) in [5, 5.41) is 0. The molecule has 0 aromatic heterocycles. The summed E-state index contributed by atoms with van der Waals surface area (Å²) in [4.78, 5) is 28.6. The standard InChI is InChI=1S/C22H23FN2O3/c23-19-8-4-5-9-20(19)28-15-21(26)24-10-12-25(13-11-24)22(27)18-14-17(18)16-6-2-1-3-7-16/h1-9,17-18H,10-15H2/t17-,18-/m0/s1. The SMILES string of the molecule is O=C(COc1ccccc1F)N1CCN(C(=O)[C@H]2C[C@H]2c2ccccc2)CC1. The minimum Gasteiger partial charge on any atom is -0.481 e. The quantitative estimate of drug-likeness (QED) is 0.799. The Morgan fingerprint density at radius 2 is 1.57 bits per heavy atom. The molecule has 1 saturated heterocycles. The van der Waals surface area contributed by atoms with E-state index in [4.69, 9.17) is 4.74 Å². The van der Waals surface area contributed by atoms with Crippen LogP contribution in [0.2, 0.25) is 0 Å². The summed E-state index contributed by atoms with van der Waals surface area (Å²) in [6.07, 6.45) is 0.901. The molecule has 2 aromatic rings. The van der Waals surface area contributed by atoms with Crippen LogP contribution in [0.15, 0.2) is 54.6 Å². The van der Waals surface area contributed by atoms with Gasteiger partial charge in [-0.1, -0.05) is 42.5 Å². The highest BCUT2D eigenvalue weighted by Crippen LogP contribution is 2.48. The van der Waals surface area contributed by atoms with E-state index in [9.17, 15) is 14.0 Å². The smallest absolute Gasteiger partial charge is 0.260 e. The fraction of sp³-hybridized carbons (Fsp3) is 0.364. The molecule has 1 heterocycles. The lowest BCUT2D eigenvalue weighted by Crippen LogP contribution is -2.52. The van der Waals surface area contributed by atoms with Gasteiger partial charge in [0.25, 0.3) is 5.91 Å². The summed E-state index contributed by atoms with van der Waals surface area (Å²) in [6.45, 7) is 1.82. The molecule has 0 bridgehead atoms. The number of rotatable bonds is 5. The highest BCUT2D eigenvalue weighted by molar-refractivity contribution is 5.83. The highest BCUT2D eigenvalue weighted by Gasteiger charge is 2.46. The van der Waals surface area contributed by atoms with Gasteiger partial charge in [-0.15, -0.1) is 0 Å². The van der Waals surface area contributed by atoms with Gasteiger partial charge < -0.3 is 14.5 Å². The maximum atomic E-state index is 13.6. The number of carbonyl (C=O) groups is 2. The predicted molar refractivity (Wildman–Crippen MR) is 102 cm³/mol. The Labute approximate surface area is 163 Å². The average Bonchev–Trinajstić information content (AvgIpc) is 3.54. The van der Waals surface area contributed by atoms with E-state index in [1.54, 1.807) is 17.0 Å². The van der Waals surface area contributed by atoms with Crippen LogP contribution in [0.1, 0.15) is 17.9 Å². The van der Waals surface area contributed by atoms with Gasteiger partial charge in [0, 0.05) is 32.1 Å². The van der Waals surface area contributed by atoms with Gasteiger partial charge >= 0.3 is 0 Å². The third-order valence-corrected chi connectivity index (χ3v) is 5.47. The van der Waals surface area contributed by atoms with E-state index in [0.29, 0.717) is 32.1 Å². The zero-order chi connectivity index (χ0) is 19.5. The van der Waals surface area contributed by atoms with Crippen molar-refractivity contribution >= 4 is 11.8 Å². The molecule has 6 heteroatoms. The Bertz CT molecular complexity index is 850. The number of amides is 2. The molecule has 1 aliphatic heterocycles. The molecule has 28 heavy (non-hydrogen) atoms. The molecule has 0 N–H and O–H groups in total. The van der Waals surface area contributed by atoms with E-state index in [1.165, 1.54) is 17.7 Å². The Morgan fingerprint density at radius 3 is 2.29 bits per heavy atom. The zero-order valence-corrected chi connectivity index (χ0v) is 15.6. The second kappa shape index (κ2) is 8.00. The molecule has 2 amide bonds. The van der Waals surface area contributed by atoms with E-state index in [2.05, 4.69) is 12.1 Å². The maximum absolute atomic E-state index is 13.6. The van der Waals surface area contributed by atoms with Crippen molar-refractivity contribution < 1.29 is 18.7 Å². The van der Waals surface area contributed by atoms with E-state index >= 15 is 0 Å². The van der Waals surface area contributed by atoms with E-state index < -0.39 is 5.82 Å². The van der Waals surface area contributed by atoms with Crippen molar-refractivity contribution in [3.05, 3.63) is 66.0 Å². The first-order chi connectivity index (χ1) is 13.6. The van der Waals surface area contributed by atoms with Crippen molar-refractivity contribution in [2.24, 2.45) is 5.92 Å². The van der Waals surface area contributed by atoms with Gasteiger partial charge in [0.1, 0.15) is 0 Å². The fourth-order valence-electron chi connectivity index (χ4n) is 3.74. The number of hydrogen-bond donors (Lipinski definition) is 0. The van der Waals surface area contributed by atoms with Crippen LogP contribution < -0.4 is 4.74 Å². The Morgan fingerprint density at radius 1 is 0.929 bits per heavy atom. The minimum absolute atomic E-state index is 0.0639. The molecule has 1 aliphatic carbocycles. The van der Waals surface area contributed by atoms with E-state index in [0.717, 1.165) is 6.42 Å². The summed E-state index contributed by atoms with van der Waals surface area (Å²) in [5.41, 5.74) is 1.22. The van der Waals surface area contributed by atoms with Crippen molar-refractivity contribution in [3.63, 3.8) is 0 Å². The van der Waals surface area contributed by atoms with Crippen LogP contribution in [0.4, 0.5) is 4.39 Å². The van der Waals surface area contributed by atoms with Crippen molar-refractivity contribution in [2.45, 2.75) is 12.3 Å². The number of para-hydroxylation sites is 1. The third-order valence-electron chi connectivity index (χ3n) is 5.47. The van der Waals surface area contributed by atoms with Crippen LogP contribution in [0.3, 0.4) is 0 Å². The first kappa shape index (κ1) is 18.5. The topological polar surface area (TPSA) is 49.9 Å². The van der Waals surface area contributed by atoms with Gasteiger partial charge in [-0.25, -0.2) is 4.39 Å². The minimum atomic E-state index is -0.483. The van der Waals surface area contributed by atoms with Crippen LogP contribution >= 0.6 is 0 Å². The molecule has 5 nitrogen and oxygen atoms in total. The van der Waals surface area contributed by atoms with E-state index in [-0.39, 0.29) is 30.1 Å². The van der Waals surface area contributed by atoms with Crippen LogP contribution in [0.25, 0.3) is 0 Å². The molecule has 0 spiro atoms. The molecule has 2 aliphatic rings. The third kappa shape index (κ3) is 4.01. The van der Waals surface area contributed by atoms with Crippen LogP contribution in [-0.4, -0.2) is 54.4 Å². The second-order valence-corrected chi connectivity index (χ2v) is 7.28. The highest BCUT2D eigenvalue weighted by atomic mass is 19.1. The largest absolute Gasteiger partial charge is 0.481 e. The molecule has 2 fully saturated rings. The Balaban J connectivity index is 1.24. The first-order valence-corrected chi connectivity index (χ1v) is 9.62. The molecule has 0 radical (unpaired) electrons. The monoisotopic (exact) mass is 382 g/mol. The Hall–Kier alpha value is -2.89. The van der Waals surface area contributed by atoms with Gasteiger partial charge in [0.15, 0.2) is 18.2 Å². The number of hydrogen-bond acceptors (Lipinski definition) is 3. The number of carbonyl (C=O) groups excluding carboxylic acids is 2. The Kier molecular flexibility index (Phi) is 5.28. The van der Waals surface area contributed by atoms with Gasteiger partial charge in [-0.05, 0) is 30.0 Å². The molecule has 146 valence electrons. The normalized spacial score (nSPS) is 21.3. The molecular weight excluding hydrogens is 359 g/mol. The number of nitrogens with zero attached hydrogens (tertiary/aromatic N) is 2. The second-order valence-electron chi connectivity index (χ2n) is 7.28. The number of piperazine rings is 1. The lowest BCUT2D eigenvalue weighted by atomic mass is 10.1. The van der Waals surface area contributed by atoms with Crippen molar-refractivity contribution in [1.29, 1.82) is 0 Å². The fourth-order valence-corrected chi connectivity index (χ4v) is 3.74. The summed E-state index contributed by atoms with van der Waals surface area (Å²) < 4.78 is 18.9. The maximum Gasteiger partial charge on any atom is 0.260 e. The van der Waals surface area contributed by atoms with Gasteiger partial charge in [0.05, 0.1) is 0 Å². The zero-order valence-electron chi connectivity index (χ0n) is 15.6. The molecule has 1 saturated carbocycles. The van der Waals surface area contributed by atoms with Gasteiger partial charge in [-0.2, -0.15) is 0 Å². The lowest BCUT2D eigenvalue weighted by molar-refractivity contribution is -0.141. The molecule has 4 rings (SSSR count). The van der Waals surface area contributed by atoms with Crippen molar-refractivity contribution in [1.82, 2.24) is 9.80 Å². The van der Waals surface area contributed by atoms with Crippen LogP contribution in [0.5, 0.6) is 5.75 Å². The predicted octanol–water partition coefficient (Wildman–Crippen LogP) is 2.68. The van der Waals surface area contributed by atoms with E-state index in [1.807, 2.05) is 23.1 Å². The molecule has 0 unspecified atom stereocenters. The number of halogens is 1. The van der Waals surface area contributed by atoms with Crippen molar-refractivity contribution in [3.8, 4) is 5.75 Å². The van der Waals surface area contributed by atoms with Crippen molar-refractivity contribution in [2.75, 3.05) is 32.8 Å². The number of benzene rings is 2.